The molecule has 0 fully saturated rings. The SMILES string of the molecule is Cc1ccc(N)cc1-c1ccc(F)c(Cl)c1. The van der Waals surface area contributed by atoms with Gasteiger partial charge in [-0.3, -0.25) is 0 Å². The molecular formula is C13H11ClFN. The second-order valence-corrected chi connectivity index (χ2v) is 4.11. The number of nitrogens with two attached hydrogens (primary N) is 1. The first-order valence-electron chi connectivity index (χ1n) is 4.89. The summed E-state index contributed by atoms with van der Waals surface area (Å²) in [7, 11) is 0. The third kappa shape index (κ3) is 2.02. The Balaban J connectivity index is 2.58. The van der Waals surface area contributed by atoms with Gasteiger partial charge < -0.3 is 5.73 Å². The van der Waals surface area contributed by atoms with Gasteiger partial charge in [0.15, 0.2) is 0 Å². The van der Waals surface area contributed by atoms with Crippen molar-refractivity contribution < 1.29 is 4.39 Å². The highest BCUT2D eigenvalue weighted by Crippen LogP contribution is 2.28. The molecule has 3 heteroatoms. The van der Waals surface area contributed by atoms with Crippen LogP contribution < -0.4 is 5.73 Å². The van der Waals surface area contributed by atoms with Crippen LogP contribution in [-0.2, 0) is 0 Å². The molecule has 16 heavy (non-hydrogen) atoms. The zero-order valence-corrected chi connectivity index (χ0v) is 9.55. The lowest BCUT2D eigenvalue weighted by atomic mass is 10.00. The van der Waals surface area contributed by atoms with Crippen LogP contribution in [0.25, 0.3) is 11.1 Å². The molecule has 0 aliphatic heterocycles. The van der Waals surface area contributed by atoms with Crippen molar-refractivity contribution in [2.75, 3.05) is 5.73 Å². The topological polar surface area (TPSA) is 26.0 Å². The molecule has 0 saturated carbocycles. The average molecular weight is 236 g/mol. The number of hydrogen-bond donors (Lipinski definition) is 1. The second-order valence-electron chi connectivity index (χ2n) is 3.70. The number of halogens is 2. The van der Waals surface area contributed by atoms with E-state index in [1.165, 1.54) is 6.07 Å². The van der Waals surface area contributed by atoms with E-state index in [0.29, 0.717) is 5.69 Å². The Hall–Kier alpha value is -1.54. The van der Waals surface area contributed by atoms with Crippen LogP contribution in [0, 0.1) is 12.7 Å². The largest absolute Gasteiger partial charge is 0.399 e. The molecule has 2 aromatic carbocycles. The summed E-state index contributed by atoms with van der Waals surface area (Å²) in [4.78, 5) is 0. The number of anilines is 1. The highest BCUT2D eigenvalue weighted by atomic mass is 35.5. The lowest BCUT2D eigenvalue weighted by Gasteiger charge is -2.07. The molecule has 0 amide bonds. The minimum Gasteiger partial charge on any atom is -0.399 e. The van der Waals surface area contributed by atoms with Gasteiger partial charge >= 0.3 is 0 Å². The molecule has 1 nitrogen and oxygen atoms in total. The molecular weight excluding hydrogens is 225 g/mol. The molecule has 0 aliphatic rings. The summed E-state index contributed by atoms with van der Waals surface area (Å²) in [6, 6.07) is 10.3. The van der Waals surface area contributed by atoms with E-state index in [-0.39, 0.29) is 5.02 Å². The molecule has 0 atom stereocenters. The van der Waals surface area contributed by atoms with E-state index in [0.717, 1.165) is 16.7 Å². The van der Waals surface area contributed by atoms with Gasteiger partial charge in [0.05, 0.1) is 5.02 Å². The number of benzene rings is 2. The van der Waals surface area contributed by atoms with Crippen LogP contribution >= 0.6 is 11.6 Å². The van der Waals surface area contributed by atoms with Crippen LogP contribution in [0.15, 0.2) is 36.4 Å². The summed E-state index contributed by atoms with van der Waals surface area (Å²) in [6.45, 7) is 1.98. The summed E-state index contributed by atoms with van der Waals surface area (Å²) in [5.74, 6) is -0.410. The molecule has 0 unspecified atom stereocenters. The Bertz CT molecular complexity index is 537. The fourth-order valence-corrected chi connectivity index (χ4v) is 1.79. The van der Waals surface area contributed by atoms with Crippen molar-refractivity contribution in [2.45, 2.75) is 6.92 Å². The summed E-state index contributed by atoms with van der Waals surface area (Å²) >= 11 is 5.75. The van der Waals surface area contributed by atoms with E-state index in [9.17, 15) is 4.39 Å². The molecule has 0 aliphatic carbocycles. The van der Waals surface area contributed by atoms with Crippen LogP contribution in [0.3, 0.4) is 0 Å². The van der Waals surface area contributed by atoms with E-state index >= 15 is 0 Å². The molecule has 2 aromatic rings. The molecule has 2 N–H and O–H groups in total. The van der Waals surface area contributed by atoms with Crippen LogP contribution in [0.5, 0.6) is 0 Å². The van der Waals surface area contributed by atoms with Gasteiger partial charge in [-0.05, 0) is 47.9 Å². The molecule has 0 spiro atoms. The standard InChI is InChI=1S/C13H11ClFN/c1-8-2-4-10(16)7-11(8)9-3-5-13(15)12(14)6-9/h2-7H,16H2,1H3. The van der Waals surface area contributed by atoms with Crippen molar-refractivity contribution in [2.24, 2.45) is 0 Å². The first-order chi connectivity index (χ1) is 7.58. The number of aryl methyl sites for hydroxylation is 1. The maximum absolute atomic E-state index is 13.0. The highest BCUT2D eigenvalue weighted by Gasteiger charge is 2.05. The Morgan fingerprint density at radius 3 is 2.56 bits per heavy atom. The van der Waals surface area contributed by atoms with E-state index in [1.54, 1.807) is 12.1 Å². The number of nitrogen functional groups attached to an aromatic ring is 1. The second kappa shape index (κ2) is 4.14. The summed E-state index contributed by atoms with van der Waals surface area (Å²) < 4.78 is 13.0. The van der Waals surface area contributed by atoms with E-state index < -0.39 is 5.82 Å². The number of rotatable bonds is 1. The minimum absolute atomic E-state index is 0.124. The first-order valence-corrected chi connectivity index (χ1v) is 5.27. The molecule has 0 bridgehead atoms. The van der Waals surface area contributed by atoms with Gasteiger partial charge in [-0.2, -0.15) is 0 Å². The Morgan fingerprint density at radius 2 is 1.88 bits per heavy atom. The Labute approximate surface area is 98.7 Å². The van der Waals surface area contributed by atoms with Crippen LogP contribution in [-0.4, -0.2) is 0 Å². The highest BCUT2D eigenvalue weighted by molar-refractivity contribution is 6.31. The normalized spacial score (nSPS) is 10.4. The molecule has 0 saturated heterocycles. The molecule has 0 heterocycles. The Kier molecular flexibility index (Phi) is 2.84. The summed E-state index contributed by atoms with van der Waals surface area (Å²) in [5.41, 5.74) is 9.33. The minimum atomic E-state index is -0.410. The molecule has 2 rings (SSSR count). The van der Waals surface area contributed by atoms with Crippen molar-refractivity contribution in [3.63, 3.8) is 0 Å². The van der Waals surface area contributed by atoms with Gasteiger partial charge in [-0.1, -0.05) is 23.7 Å². The van der Waals surface area contributed by atoms with Crippen molar-refractivity contribution in [3.8, 4) is 11.1 Å². The lowest BCUT2D eigenvalue weighted by molar-refractivity contribution is 0.628. The quantitative estimate of drug-likeness (QED) is 0.742. The maximum Gasteiger partial charge on any atom is 0.141 e. The lowest BCUT2D eigenvalue weighted by Crippen LogP contribution is -1.89. The van der Waals surface area contributed by atoms with Crippen molar-refractivity contribution >= 4 is 17.3 Å². The number of hydrogen-bond acceptors (Lipinski definition) is 1. The van der Waals surface area contributed by atoms with Crippen LogP contribution in [0.2, 0.25) is 5.02 Å². The van der Waals surface area contributed by atoms with Crippen molar-refractivity contribution in [3.05, 3.63) is 52.8 Å². The van der Waals surface area contributed by atoms with Gasteiger partial charge in [-0.25, -0.2) is 4.39 Å². The molecule has 0 aromatic heterocycles. The molecule has 0 radical (unpaired) electrons. The predicted molar refractivity (Wildman–Crippen MR) is 66.0 cm³/mol. The summed E-state index contributed by atoms with van der Waals surface area (Å²) in [6.07, 6.45) is 0. The maximum atomic E-state index is 13.0. The Morgan fingerprint density at radius 1 is 1.12 bits per heavy atom. The van der Waals surface area contributed by atoms with E-state index in [2.05, 4.69) is 0 Å². The van der Waals surface area contributed by atoms with Crippen molar-refractivity contribution in [1.82, 2.24) is 0 Å². The van der Waals surface area contributed by atoms with Gasteiger partial charge in [0.25, 0.3) is 0 Å². The third-order valence-electron chi connectivity index (χ3n) is 2.49. The van der Waals surface area contributed by atoms with Gasteiger partial charge in [0, 0.05) is 5.69 Å². The predicted octanol–water partition coefficient (Wildman–Crippen LogP) is 4.04. The van der Waals surface area contributed by atoms with Gasteiger partial charge in [0.2, 0.25) is 0 Å². The van der Waals surface area contributed by atoms with Crippen molar-refractivity contribution in [1.29, 1.82) is 0 Å². The smallest absolute Gasteiger partial charge is 0.141 e. The van der Waals surface area contributed by atoms with Gasteiger partial charge in [0.1, 0.15) is 5.82 Å². The fraction of sp³-hybridized carbons (Fsp3) is 0.0769. The van der Waals surface area contributed by atoms with Crippen LogP contribution in [0.1, 0.15) is 5.56 Å². The zero-order valence-electron chi connectivity index (χ0n) is 8.80. The summed E-state index contributed by atoms with van der Waals surface area (Å²) in [5, 5.41) is 0.124. The first kappa shape index (κ1) is 11.0. The van der Waals surface area contributed by atoms with Gasteiger partial charge in [-0.15, -0.1) is 0 Å². The molecule has 82 valence electrons. The third-order valence-corrected chi connectivity index (χ3v) is 2.78. The average Bonchev–Trinajstić information content (AvgIpc) is 2.26. The zero-order chi connectivity index (χ0) is 11.7. The monoisotopic (exact) mass is 235 g/mol. The van der Waals surface area contributed by atoms with E-state index in [4.69, 9.17) is 17.3 Å². The van der Waals surface area contributed by atoms with E-state index in [1.807, 2.05) is 25.1 Å². The fourth-order valence-electron chi connectivity index (χ4n) is 1.61. The van der Waals surface area contributed by atoms with Crippen LogP contribution in [0.4, 0.5) is 10.1 Å².